The van der Waals surface area contributed by atoms with Crippen molar-refractivity contribution in [3.8, 4) is 0 Å². The van der Waals surface area contributed by atoms with E-state index in [1.165, 1.54) is 0 Å². The van der Waals surface area contributed by atoms with E-state index >= 15 is 0 Å². The molecular weight excluding hydrogens is 256 g/mol. The van der Waals surface area contributed by atoms with Crippen molar-refractivity contribution < 1.29 is 4.79 Å². The normalized spacial score (nSPS) is 14.3. The van der Waals surface area contributed by atoms with Crippen molar-refractivity contribution in [1.29, 1.82) is 0 Å². The Balaban J connectivity index is 2.35. The van der Waals surface area contributed by atoms with Gasteiger partial charge in [0.2, 0.25) is 5.91 Å². The molecule has 0 saturated heterocycles. The highest BCUT2D eigenvalue weighted by Gasteiger charge is 2.24. The Morgan fingerprint density at radius 2 is 2.12 bits per heavy atom. The molecule has 0 saturated carbocycles. The summed E-state index contributed by atoms with van der Waals surface area (Å²) < 4.78 is 0. The lowest BCUT2D eigenvalue weighted by Gasteiger charge is -2.19. The molecule has 0 aromatic heterocycles. The molecule has 0 heterocycles. The molecule has 1 aromatic carbocycles. The highest BCUT2D eigenvalue weighted by atomic mass is 35.5. The van der Waals surface area contributed by atoms with E-state index in [-0.39, 0.29) is 0 Å². The fourth-order valence-corrected chi connectivity index (χ4v) is 2.67. The smallest absolute Gasteiger partial charge is 0.237 e. The number of rotatable bonds is 6. The van der Waals surface area contributed by atoms with Gasteiger partial charge in [-0.05, 0) is 30.7 Å². The molecule has 3 nitrogen and oxygen atoms in total. The molecule has 94 valence electrons. The summed E-state index contributed by atoms with van der Waals surface area (Å²) in [6.45, 7) is 1.66. The van der Waals surface area contributed by atoms with Crippen LogP contribution in [0, 0.1) is 0 Å². The fraction of sp³-hybridized carbons (Fsp3) is 0.417. The summed E-state index contributed by atoms with van der Waals surface area (Å²) in [7, 11) is 0. The SMILES string of the molecule is CC(N)(CCSCc1ccccc1Cl)C(N)=O. The largest absolute Gasteiger partial charge is 0.368 e. The summed E-state index contributed by atoms with van der Waals surface area (Å²) in [6.07, 6.45) is 0.567. The predicted molar refractivity (Wildman–Crippen MR) is 74.0 cm³/mol. The van der Waals surface area contributed by atoms with E-state index in [0.717, 1.165) is 22.1 Å². The summed E-state index contributed by atoms with van der Waals surface area (Å²) in [4.78, 5) is 11.0. The van der Waals surface area contributed by atoms with Gasteiger partial charge in [-0.2, -0.15) is 11.8 Å². The number of hydrogen-bond donors (Lipinski definition) is 2. The van der Waals surface area contributed by atoms with Crippen LogP contribution in [0.25, 0.3) is 0 Å². The highest BCUT2D eigenvalue weighted by molar-refractivity contribution is 7.98. The van der Waals surface area contributed by atoms with E-state index in [9.17, 15) is 4.79 Å². The van der Waals surface area contributed by atoms with E-state index in [1.807, 2.05) is 24.3 Å². The van der Waals surface area contributed by atoms with Gasteiger partial charge in [0, 0.05) is 10.8 Å². The maximum absolute atomic E-state index is 11.0. The first-order valence-corrected chi connectivity index (χ1v) is 6.86. The minimum atomic E-state index is -0.923. The second-order valence-electron chi connectivity index (χ2n) is 4.18. The van der Waals surface area contributed by atoms with Crippen molar-refractivity contribution in [3.05, 3.63) is 34.9 Å². The summed E-state index contributed by atoms with van der Waals surface area (Å²) in [5.74, 6) is 1.13. The lowest BCUT2D eigenvalue weighted by atomic mass is 10.0. The zero-order valence-corrected chi connectivity index (χ0v) is 11.4. The number of halogens is 1. The van der Waals surface area contributed by atoms with Crippen LogP contribution in [-0.4, -0.2) is 17.2 Å². The van der Waals surface area contributed by atoms with Crippen LogP contribution in [0.15, 0.2) is 24.3 Å². The van der Waals surface area contributed by atoms with Crippen LogP contribution in [0.4, 0.5) is 0 Å². The fourth-order valence-electron chi connectivity index (χ4n) is 1.20. The molecule has 0 aliphatic rings. The molecule has 5 heteroatoms. The second kappa shape index (κ2) is 6.28. The van der Waals surface area contributed by atoms with Gasteiger partial charge in [-0.1, -0.05) is 29.8 Å². The van der Waals surface area contributed by atoms with Crippen LogP contribution in [0.3, 0.4) is 0 Å². The summed E-state index contributed by atoms with van der Waals surface area (Å²) in [5.41, 5.74) is 11.1. The Morgan fingerprint density at radius 3 is 2.71 bits per heavy atom. The van der Waals surface area contributed by atoms with Crippen molar-refractivity contribution >= 4 is 29.3 Å². The summed E-state index contributed by atoms with van der Waals surface area (Å²) in [5, 5.41) is 0.769. The van der Waals surface area contributed by atoms with Crippen LogP contribution < -0.4 is 11.5 Å². The zero-order chi connectivity index (χ0) is 12.9. The number of carbonyl (C=O) groups is 1. The van der Waals surface area contributed by atoms with E-state index < -0.39 is 11.4 Å². The molecule has 1 aromatic rings. The number of hydrogen-bond acceptors (Lipinski definition) is 3. The predicted octanol–water partition coefficient (Wildman–Crippen LogP) is 2.17. The molecule has 0 radical (unpaired) electrons. The van der Waals surface area contributed by atoms with Crippen molar-refractivity contribution in [2.75, 3.05) is 5.75 Å². The van der Waals surface area contributed by atoms with E-state index in [2.05, 4.69) is 0 Å². The molecule has 0 aliphatic heterocycles. The topological polar surface area (TPSA) is 69.1 Å². The Labute approximate surface area is 111 Å². The Morgan fingerprint density at radius 1 is 1.47 bits per heavy atom. The van der Waals surface area contributed by atoms with Gasteiger partial charge in [-0.25, -0.2) is 0 Å². The number of nitrogens with two attached hydrogens (primary N) is 2. The monoisotopic (exact) mass is 272 g/mol. The van der Waals surface area contributed by atoms with Crippen LogP contribution in [-0.2, 0) is 10.5 Å². The standard InChI is InChI=1S/C12H17ClN2OS/c1-12(15,11(14)16)6-7-17-8-9-4-2-3-5-10(9)13/h2-5H,6-8,15H2,1H3,(H2,14,16). The van der Waals surface area contributed by atoms with Gasteiger partial charge in [0.1, 0.15) is 0 Å². The number of primary amides is 1. The van der Waals surface area contributed by atoms with Crippen LogP contribution in [0.2, 0.25) is 5.02 Å². The summed E-state index contributed by atoms with van der Waals surface area (Å²) in [6, 6.07) is 7.72. The summed E-state index contributed by atoms with van der Waals surface area (Å²) >= 11 is 7.72. The van der Waals surface area contributed by atoms with E-state index in [1.54, 1.807) is 18.7 Å². The average molecular weight is 273 g/mol. The maximum atomic E-state index is 11.0. The number of carbonyl (C=O) groups excluding carboxylic acids is 1. The molecular formula is C12H17ClN2OS. The Bertz CT molecular complexity index is 396. The average Bonchev–Trinajstić information content (AvgIpc) is 2.26. The lowest BCUT2D eigenvalue weighted by molar-refractivity contribution is -0.122. The first-order chi connectivity index (χ1) is 7.93. The van der Waals surface area contributed by atoms with Gasteiger partial charge in [-0.15, -0.1) is 0 Å². The van der Waals surface area contributed by atoms with Gasteiger partial charge in [0.25, 0.3) is 0 Å². The van der Waals surface area contributed by atoms with Crippen molar-refractivity contribution in [3.63, 3.8) is 0 Å². The Hall–Kier alpha value is -0.710. The molecule has 1 unspecified atom stereocenters. The maximum Gasteiger partial charge on any atom is 0.237 e. The first kappa shape index (κ1) is 14.4. The van der Waals surface area contributed by atoms with Crippen molar-refractivity contribution in [2.24, 2.45) is 11.5 Å². The molecule has 17 heavy (non-hydrogen) atoms. The van der Waals surface area contributed by atoms with Crippen molar-refractivity contribution in [1.82, 2.24) is 0 Å². The van der Waals surface area contributed by atoms with Crippen LogP contribution in [0.5, 0.6) is 0 Å². The molecule has 4 N–H and O–H groups in total. The third-order valence-corrected chi connectivity index (χ3v) is 3.92. The van der Waals surface area contributed by atoms with Crippen molar-refractivity contribution in [2.45, 2.75) is 24.6 Å². The molecule has 0 bridgehead atoms. The van der Waals surface area contributed by atoms with Gasteiger partial charge in [0.05, 0.1) is 5.54 Å². The number of benzene rings is 1. The lowest BCUT2D eigenvalue weighted by Crippen LogP contribution is -2.49. The number of amides is 1. The number of thioether (sulfide) groups is 1. The molecule has 0 fully saturated rings. The molecule has 1 rings (SSSR count). The van der Waals surface area contributed by atoms with Gasteiger partial charge >= 0.3 is 0 Å². The van der Waals surface area contributed by atoms with Gasteiger partial charge < -0.3 is 11.5 Å². The molecule has 1 atom stereocenters. The van der Waals surface area contributed by atoms with Crippen LogP contribution >= 0.6 is 23.4 Å². The highest BCUT2D eigenvalue weighted by Crippen LogP contribution is 2.22. The van der Waals surface area contributed by atoms with E-state index in [4.69, 9.17) is 23.1 Å². The molecule has 0 spiro atoms. The minimum absolute atomic E-state index is 0.462. The van der Waals surface area contributed by atoms with Gasteiger partial charge in [0.15, 0.2) is 0 Å². The van der Waals surface area contributed by atoms with E-state index in [0.29, 0.717) is 6.42 Å². The Kier molecular flexibility index (Phi) is 5.31. The van der Waals surface area contributed by atoms with Gasteiger partial charge in [-0.3, -0.25) is 4.79 Å². The zero-order valence-electron chi connectivity index (χ0n) is 9.78. The van der Waals surface area contributed by atoms with Crippen LogP contribution in [0.1, 0.15) is 18.9 Å². The second-order valence-corrected chi connectivity index (χ2v) is 5.69. The minimum Gasteiger partial charge on any atom is -0.368 e. The third-order valence-electron chi connectivity index (χ3n) is 2.54. The first-order valence-electron chi connectivity index (χ1n) is 5.33. The molecule has 0 aliphatic carbocycles. The molecule has 1 amide bonds. The third kappa shape index (κ3) is 4.58. The quantitative estimate of drug-likeness (QED) is 0.780.